The number of aromatic nitrogens is 1. The van der Waals surface area contributed by atoms with Gasteiger partial charge in [-0.15, -0.1) is 11.8 Å². The highest BCUT2D eigenvalue weighted by atomic mass is 32.2. The summed E-state index contributed by atoms with van der Waals surface area (Å²) in [6.07, 6.45) is 1.55. The number of hydrogen-bond acceptors (Lipinski definition) is 4. The molecule has 1 aromatic heterocycles. The molecule has 4 nitrogen and oxygen atoms in total. The first-order chi connectivity index (χ1) is 6.02. The average Bonchev–Trinajstić information content (AvgIpc) is 2.52. The Labute approximate surface area is 80.3 Å². The van der Waals surface area contributed by atoms with Gasteiger partial charge in [0.1, 0.15) is 10.5 Å². The number of rotatable bonds is 4. The van der Waals surface area contributed by atoms with Crippen molar-refractivity contribution in [1.29, 1.82) is 0 Å². The molecule has 0 saturated heterocycles. The molecule has 0 aliphatic rings. The predicted molar refractivity (Wildman–Crippen MR) is 49.5 cm³/mol. The number of carbonyl (C=O) groups is 1. The molecule has 1 N–H and O–H groups in total. The molecule has 0 aliphatic carbocycles. The third-order valence-electron chi connectivity index (χ3n) is 1.58. The smallest absolute Gasteiger partial charge is 0.319 e. The van der Waals surface area contributed by atoms with Crippen molar-refractivity contribution in [2.75, 3.05) is 0 Å². The Bertz CT molecular complexity index is 282. The van der Waals surface area contributed by atoms with Crippen LogP contribution in [0.5, 0.6) is 0 Å². The van der Waals surface area contributed by atoms with E-state index in [1.807, 2.05) is 0 Å². The monoisotopic (exact) mass is 201 g/mol. The van der Waals surface area contributed by atoms with E-state index in [-0.39, 0.29) is 0 Å². The Kier molecular flexibility index (Phi) is 2.98. The lowest BCUT2D eigenvalue weighted by molar-refractivity contribution is -0.138. The molecule has 0 aliphatic heterocycles. The van der Waals surface area contributed by atoms with Gasteiger partial charge in [-0.2, -0.15) is 0 Å². The van der Waals surface area contributed by atoms with Crippen LogP contribution in [0.2, 0.25) is 0 Å². The lowest BCUT2D eigenvalue weighted by atomic mass is 10.2. The molecule has 0 saturated carbocycles. The van der Waals surface area contributed by atoms with Gasteiger partial charge < -0.3 is 9.63 Å². The summed E-state index contributed by atoms with van der Waals surface area (Å²) in [6.45, 7) is 3.33. The highest BCUT2D eigenvalue weighted by molar-refractivity contribution is 8.00. The molecule has 0 unspecified atom stereocenters. The Morgan fingerprint density at radius 1 is 1.77 bits per heavy atom. The molecule has 0 amide bonds. The van der Waals surface area contributed by atoms with Crippen LogP contribution in [0.25, 0.3) is 0 Å². The molecule has 0 fully saturated rings. The SMILES string of the molecule is CC(C)(SCc1ccno1)C(=O)O. The normalized spacial score (nSPS) is 11.5. The van der Waals surface area contributed by atoms with Crippen LogP contribution >= 0.6 is 11.8 Å². The minimum absolute atomic E-state index is 0.527. The van der Waals surface area contributed by atoms with E-state index in [0.717, 1.165) is 0 Å². The highest BCUT2D eigenvalue weighted by Gasteiger charge is 2.27. The number of nitrogens with zero attached hydrogens (tertiary/aromatic N) is 1. The van der Waals surface area contributed by atoms with Crippen molar-refractivity contribution in [3.05, 3.63) is 18.0 Å². The van der Waals surface area contributed by atoms with Gasteiger partial charge >= 0.3 is 5.97 Å². The average molecular weight is 201 g/mol. The fraction of sp³-hybridized carbons (Fsp3) is 0.500. The van der Waals surface area contributed by atoms with Gasteiger partial charge in [0.05, 0.1) is 11.9 Å². The fourth-order valence-electron chi connectivity index (χ4n) is 0.630. The molecule has 0 spiro atoms. The lowest BCUT2D eigenvalue weighted by Crippen LogP contribution is -2.27. The number of hydrogen-bond donors (Lipinski definition) is 1. The number of carboxylic acid groups (broad SMARTS) is 1. The van der Waals surface area contributed by atoms with Crippen molar-refractivity contribution in [2.24, 2.45) is 0 Å². The van der Waals surface area contributed by atoms with Crippen LogP contribution in [0.15, 0.2) is 16.8 Å². The summed E-state index contributed by atoms with van der Waals surface area (Å²) in [5.74, 6) is 0.399. The maximum absolute atomic E-state index is 10.7. The first kappa shape index (κ1) is 10.1. The van der Waals surface area contributed by atoms with Gasteiger partial charge in [-0.25, -0.2) is 0 Å². The maximum atomic E-state index is 10.7. The standard InChI is InChI=1S/C8H11NO3S/c1-8(2,7(10)11)13-5-6-3-4-9-12-6/h3-4H,5H2,1-2H3,(H,10,11). The van der Waals surface area contributed by atoms with E-state index >= 15 is 0 Å². The quantitative estimate of drug-likeness (QED) is 0.804. The van der Waals surface area contributed by atoms with Gasteiger partial charge in [0.2, 0.25) is 0 Å². The Morgan fingerprint density at radius 2 is 2.46 bits per heavy atom. The number of aliphatic carboxylic acids is 1. The van der Waals surface area contributed by atoms with E-state index in [1.165, 1.54) is 11.8 Å². The number of thioether (sulfide) groups is 1. The van der Waals surface area contributed by atoms with Crippen LogP contribution < -0.4 is 0 Å². The van der Waals surface area contributed by atoms with Gasteiger partial charge in [0.25, 0.3) is 0 Å². The second kappa shape index (κ2) is 3.83. The van der Waals surface area contributed by atoms with Crippen LogP contribution in [-0.4, -0.2) is 21.0 Å². The molecule has 0 aromatic carbocycles. The second-order valence-corrected chi connectivity index (χ2v) is 4.68. The predicted octanol–water partition coefficient (Wildman–Crippen LogP) is 1.77. The Balaban J connectivity index is 2.47. The van der Waals surface area contributed by atoms with Crippen LogP contribution in [0.1, 0.15) is 19.6 Å². The third kappa shape index (κ3) is 2.77. The first-order valence-corrected chi connectivity index (χ1v) is 4.78. The molecule has 1 heterocycles. The molecule has 5 heteroatoms. The van der Waals surface area contributed by atoms with E-state index in [2.05, 4.69) is 5.16 Å². The zero-order chi connectivity index (χ0) is 9.90. The topological polar surface area (TPSA) is 63.3 Å². The molecule has 0 bridgehead atoms. The minimum atomic E-state index is -0.822. The van der Waals surface area contributed by atoms with Crippen LogP contribution in [-0.2, 0) is 10.5 Å². The fourth-order valence-corrected chi connectivity index (χ4v) is 1.41. The molecular formula is C8H11NO3S. The molecule has 0 radical (unpaired) electrons. The number of carboxylic acids is 1. The van der Waals surface area contributed by atoms with E-state index < -0.39 is 10.7 Å². The van der Waals surface area contributed by atoms with E-state index in [1.54, 1.807) is 26.1 Å². The van der Waals surface area contributed by atoms with E-state index in [4.69, 9.17) is 9.63 Å². The molecule has 13 heavy (non-hydrogen) atoms. The molecular weight excluding hydrogens is 190 g/mol. The van der Waals surface area contributed by atoms with Crippen molar-refractivity contribution < 1.29 is 14.4 Å². The summed E-state index contributed by atoms with van der Waals surface area (Å²) in [5, 5.41) is 12.3. The van der Waals surface area contributed by atoms with Crippen LogP contribution in [0.3, 0.4) is 0 Å². The third-order valence-corrected chi connectivity index (χ3v) is 2.91. The van der Waals surface area contributed by atoms with Crippen LogP contribution in [0, 0.1) is 0 Å². The highest BCUT2D eigenvalue weighted by Crippen LogP contribution is 2.27. The van der Waals surface area contributed by atoms with Gasteiger partial charge in [-0.05, 0) is 13.8 Å². The van der Waals surface area contributed by atoms with Gasteiger partial charge in [-0.3, -0.25) is 4.79 Å². The van der Waals surface area contributed by atoms with Crippen molar-refractivity contribution in [1.82, 2.24) is 5.16 Å². The summed E-state index contributed by atoms with van der Waals surface area (Å²) >= 11 is 1.31. The van der Waals surface area contributed by atoms with Crippen LogP contribution in [0.4, 0.5) is 0 Å². The summed E-state index contributed by atoms with van der Waals surface area (Å²) in [5.41, 5.74) is 0. The summed E-state index contributed by atoms with van der Waals surface area (Å²) in [7, 11) is 0. The van der Waals surface area contributed by atoms with E-state index in [9.17, 15) is 4.79 Å². The zero-order valence-corrected chi connectivity index (χ0v) is 8.30. The van der Waals surface area contributed by atoms with Crippen molar-refractivity contribution in [3.8, 4) is 0 Å². The van der Waals surface area contributed by atoms with Crippen molar-refractivity contribution >= 4 is 17.7 Å². The summed E-state index contributed by atoms with van der Waals surface area (Å²) in [4.78, 5) is 10.7. The summed E-state index contributed by atoms with van der Waals surface area (Å²) in [6, 6.07) is 1.73. The van der Waals surface area contributed by atoms with Gasteiger partial charge in [-0.1, -0.05) is 5.16 Å². The minimum Gasteiger partial charge on any atom is -0.480 e. The molecule has 72 valence electrons. The first-order valence-electron chi connectivity index (χ1n) is 3.79. The van der Waals surface area contributed by atoms with Crippen molar-refractivity contribution in [2.45, 2.75) is 24.3 Å². The Hall–Kier alpha value is -0.970. The van der Waals surface area contributed by atoms with Crippen molar-refractivity contribution in [3.63, 3.8) is 0 Å². The summed E-state index contributed by atoms with van der Waals surface area (Å²) < 4.78 is 4.06. The molecule has 0 atom stereocenters. The largest absolute Gasteiger partial charge is 0.480 e. The molecule has 1 rings (SSSR count). The maximum Gasteiger partial charge on any atom is 0.319 e. The molecule has 1 aromatic rings. The van der Waals surface area contributed by atoms with E-state index in [0.29, 0.717) is 11.5 Å². The lowest BCUT2D eigenvalue weighted by Gasteiger charge is -2.16. The second-order valence-electron chi connectivity index (χ2n) is 3.08. The van der Waals surface area contributed by atoms with Gasteiger partial charge in [0.15, 0.2) is 0 Å². The Morgan fingerprint density at radius 3 is 2.92 bits per heavy atom. The zero-order valence-electron chi connectivity index (χ0n) is 7.48. The van der Waals surface area contributed by atoms with Gasteiger partial charge in [0, 0.05) is 6.07 Å².